The topological polar surface area (TPSA) is 109 Å². The van der Waals surface area contributed by atoms with Crippen molar-refractivity contribution in [2.75, 3.05) is 39.9 Å². The van der Waals surface area contributed by atoms with Crippen molar-refractivity contribution in [3.63, 3.8) is 0 Å². The number of fused-ring (bicyclic) bond motifs is 1. The fraction of sp³-hybridized carbons (Fsp3) is 0.421. The standard InChI is InChI=1S/C19H21N5O4S2/c1-11-15(30-22-21-11)19(27)24-7-9-28-13(10-24)14-12-4-3-5-20-17(12)29-16(14)18(26)23(2)6-8-25/h3-5,13,25H,6-10H2,1-2H3/t13-/m0/s1. The van der Waals surface area contributed by atoms with Gasteiger partial charge in [-0.3, -0.25) is 9.59 Å². The van der Waals surface area contributed by atoms with Gasteiger partial charge in [0.25, 0.3) is 11.8 Å². The molecule has 9 nitrogen and oxygen atoms in total. The molecule has 0 unspecified atom stereocenters. The Labute approximate surface area is 181 Å². The van der Waals surface area contributed by atoms with Crippen LogP contribution >= 0.6 is 22.9 Å². The Balaban J connectivity index is 1.69. The molecule has 1 fully saturated rings. The van der Waals surface area contributed by atoms with Gasteiger partial charge in [-0.25, -0.2) is 4.98 Å². The van der Waals surface area contributed by atoms with E-state index in [0.717, 1.165) is 27.3 Å². The Morgan fingerprint density at radius 3 is 2.97 bits per heavy atom. The van der Waals surface area contributed by atoms with Gasteiger partial charge < -0.3 is 19.6 Å². The van der Waals surface area contributed by atoms with E-state index < -0.39 is 6.10 Å². The molecule has 0 radical (unpaired) electrons. The summed E-state index contributed by atoms with van der Waals surface area (Å²) < 4.78 is 9.88. The van der Waals surface area contributed by atoms with Crippen molar-refractivity contribution in [3.8, 4) is 0 Å². The van der Waals surface area contributed by atoms with Gasteiger partial charge in [-0.15, -0.1) is 16.4 Å². The average molecular weight is 448 g/mol. The fourth-order valence-corrected chi connectivity index (χ4v) is 5.25. The molecular weight excluding hydrogens is 426 g/mol. The molecule has 4 rings (SSSR count). The normalized spacial score (nSPS) is 16.8. The summed E-state index contributed by atoms with van der Waals surface area (Å²) in [5.41, 5.74) is 1.36. The number of thiophene rings is 1. The minimum Gasteiger partial charge on any atom is -0.395 e. The Bertz CT molecular complexity index is 1080. The first-order valence-corrected chi connectivity index (χ1v) is 11.0. The van der Waals surface area contributed by atoms with E-state index in [1.165, 1.54) is 16.2 Å². The molecule has 3 aromatic heterocycles. The summed E-state index contributed by atoms with van der Waals surface area (Å²) in [6.45, 7) is 3.01. The van der Waals surface area contributed by atoms with Crippen LogP contribution in [0.3, 0.4) is 0 Å². The lowest BCUT2D eigenvalue weighted by atomic mass is 10.0. The Kier molecular flexibility index (Phi) is 6.04. The average Bonchev–Trinajstić information content (AvgIpc) is 3.36. The summed E-state index contributed by atoms with van der Waals surface area (Å²) in [5.74, 6) is -0.324. The lowest BCUT2D eigenvalue weighted by Crippen LogP contribution is -2.42. The number of aliphatic hydroxyl groups excluding tert-OH is 1. The number of hydrogen-bond acceptors (Lipinski definition) is 9. The second-order valence-corrected chi connectivity index (χ2v) is 8.70. The van der Waals surface area contributed by atoms with Crippen LogP contribution in [0.4, 0.5) is 0 Å². The summed E-state index contributed by atoms with van der Waals surface area (Å²) in [4.78, 5) is 35.4. The maximum Gasteiger partial charge on any atom is 0.267 e. The van der Waals surface area contributed by atoms with Crippen LogP contribution in [0.25, 0.3) is 10.2 Å². The van der Waals surface area contributed by atoms with Gasteiger partial charge in [0.2, 0.25) is 0 Å². The second-order valence-electron chi connectivity index (χ2n) is 6.95. The first-order chi connectivity index (χ1) is 14.5. The van der Waals surface area contributed by atoms with E-state index in [-0.39, 0.29) is 25.0 Å². The zero-order valence-corrected chi connectivity index (χ0v) is 18.2. The number of ether oxygens (including phenoxy) is 1. The van der Waals surface area contributed by atoms with Crippen molar-refractivity contribution in [3.05, 3.63) is 39.3 Å². The molecule has 1 aliphatic heterocycles. The maximum absolute atomic E-state index is 13.1. The van der Waals surface area contributed by atoms with E-state index in [1.54, 1.807) is 25.1 Å². The molecule has 4 heterocycles. The number of carbonyl (C=O) groups is 2. The number of carbonyl (C=O) groups excluding carboxylic acids is 2. The summed E-state index contributed by atoms with van der Waals surface area (Å²) in [5, 5.41) is 14.0. The predicted molar refractivity (Wildman–Crippen MR) is 113 cm³/mol. The number of aliphatic hydroxyl groups is 1. The van der Waals surface area contributed by atoms with Gasteiger partial charge in [-0.1, -0.05) is 10.6 Å². The van der Waals surface area contributed by atoms with Gasteiger partial charge in [0, 0.05) is 37.3 Å². The highest BCUT2D eigenvalue weighted by Crippen LogP contribution is 2.38. The number of amides is 2. The lowest BCUT2D eigenvalue weighted by Gasteiger charge is -2.33. The molecule has 1 atom stereocenters. The van der Waals surface area contributed by atoms with Crippen LogP contribution < -0.4 is 0 Å². The summed E-state index contributed by atoms with van der Waals surface area (Å²) >= 11 is 2.39. The molecule has 158 valence electrons. The SMILES string of the molecule is Cc1nnsc1C(=O)N1CCO[C@H](c2c(C(=O)N(C)CCO)sc3ncccc23)C1. The number of pyridine rings is 1. The van der Waals surface area contributed by atoms with E-state index in [4.69, 9.17) is 4.74 Å². The van der Waals surface area contributed by atoms with Crippen molar-refractivity contribution < 1.29 is 19.4 Å². The lowest BCUT2D eigenvalue weighted by molar-refractivity contribution is -0.0222. The van der Waals surface area contributed by atoms with Gasteiger partial charge in [0.1, 0.15) is 20.7 Å². The van der Waals surface area contributed by atoms with E-state index in [1.807, 2.05) is 12.1 Å². The van der Waals surface area contributed by atoms with Crippen LogP contribution in [-0.4, -0.2) is 81.2 Å². The van der Waals surface area contributed by atoms with Crippen LogP contribution in [-0.2, 0) is 4.74 Å². The molecule has 1 aliphatic rings. The van der Waals surface area contributed by atoms with Crippen molar-refractivity contribution >= 4 is 44.9 Å². The van der Waals surface area contributed by atoms with E-state index in [2.05, 4.69) is 14.6 Å². The second kappa shape index (κ2) is 8.72. The maximum atomic E-state index is 13.1. The number of morpholine rings is 1. The van der Waals surface area contributed by atoms with Gasteiger partial charge in [-0.05, 0) is 24.5 Å². The predicted octanol–water partition coefficient (Wildman–Crippen LogP) is 1.73. The molecule has 0 saturated carbocycles. The van der Waals surface area contributed by atoms with Crippen molar-refractivity contribution in [2.24, 2.45) is 0 Å². The number of rotatable bonds is 5. The monoisotopic (exact) mass is 447 g/mol. The molecule has 1 saturated heterocycles. The summed E-state index contributed by atoms with van der Waals surface area (Å²) in [6, 6.07) is 3.74. The third kappa shape index (κ3) is 3.81. The molecule has 30 heavy (non-hydrogen) atoms. The number of hydrogen-bond donors (Lipinski definition) is 1. The van der Waals surface area contributed by atoms with Gasteiger partial charge in [-0.2, -0.15) is 0 Å². The zero-order chi connectivity index (χ0) is 21.3. The molecule has 1 N–H and O–H groups in total. The van der Waals surface area contributed by atoms with Crippen molar-refractivity contribution in [1.82, 2.24) is 24.4 Å². The van der Waals surface area contributed by atoms with Crippen molar-refractivity contribution in [1.29, 1.82) is 0 Å². The highest BCUT2D eigenvalue weighted by molar-refractivity contribution is 7.20. The highest BCUT2D eigenvalue weighted by Gasteiger charge is 2.33. The smallest absolute Gasteiger partial charge is 0.267 e. The first-order valence-electron chi connectivity index (χ1n) is 9.44. The third-order valence-electron chi connectivity index (χ3n) is 5.00. The van der Waals surface area contributed by atoms with Gasteiger partial charge >= 0.3 is 0 Å². The Hall–Kier alpha value is -2.47. The van der Waals surface area contributed by atoms with Crippen LogP contribution in [0.2, 0.25) is 0 Å². The third-order valence-corrected chi connectivity index (χ3v) is 6.94. The van der Waals surface area contributed by atoms with Crippen LogP contribution in [0, 0.1) is 6.92 Å². The quantitative estimate of drug-likeness (QED) is 0.634. The fourth-order valence-electron chi connectivity index (χ4n) is 3.43. The van der Waals surface area contributed by atoms with Gasteiger partial charge in [0.15, 0.2) is 0 Å². The number of nitrogens with zero attached hydrogens (tertiary/aromatic N) is 5. The first kappa shape index (κ1) is 20.8. The number of aryl methyl sites for hydroxylation is 1. The Morgan fingerprint density at radius 1 is 1.40 bits per heavy atom. The summed E-state index contributed by atoms with van der Waals surface area (Å²) in [6.07, 6.45) is 1.23. The Morgan fingerprint density at radius 2 is 2.23 bits per heavy atom. The minimum absolute atomic E-state index is 0.120. The van der Waals surface area contributed by atoms with E-state index in [0.29, 0.717) is 35.1 Å². The zero-order valence-electron chi connectivity index (χ0n) is 16.6. The van der Waals surface area contributed by atoms with E-state index in [9.17, 15) is 14.7 Å². The largest absolute Gasteiger partial charge is 0.395 e. The summed E-state index contributed by atoms with van der Waals surface area (Å²) in [7, 11) is 1.65. The van der Waals surface area contributed by atoms with E-state index >= 15 is 0 Å². The van der Waals surface area contributed by atoms with Gasteiger partial charge in [0.05, 0.1) is 25.5 Å². The molecule has 0 aliphatic carbocycles. The van der Waals surface area contributed by atoms with Crippen LogP contribution in [0.5, 0.6) is 0 Å². The number of aromatic nitrogens is 3. The van der Waals surface area contributed by atoms with Crippen molar-refractivity contribution in [2.45, 2.75) is 13.0 Å². The molecule has 11 heteroatoms. The highest BCUT2D eigenvalue weighted by atomic mass is 32.1. The van der Waals surface area contributed by atoms with Crippen LogP contribution in [0.15, 0.2) is 18.3 Å². The number of likely N-dealkylation sites (N-methyl/N-ethyl adjacent to an activating group) is 1. The molecule has 0 spiro atoms. The molecule has 0 bridgehead atoms. The molecular formula is C19H21N5O4S2. The molecule has 3 aromatic rings. The minimum atomic E-state index is -0.455. The van der Waals surface area contributed by atoms with Crippen LogP contribution in [0.1, 0.15) is 36.7 Å². The molecule has 2 amide bonds. The molecule has 0 aromatic carbocycles.